The van der Waals surface area contributed by atoms with E-state index in [9.17, 15) is 18.0 Å². The summed E-state index contributed by atoms with van der Waals surface area (Å²) in [6.45, 7) is 0. The van der Waals surface area contributed by atoms with Crippen LogP contribution in [-0.4, -0.2) is 30.1 Å². The van der Waals surface area contributed by atoms with Gasteiger partial charge in [0, 0.05) is 5.56 Å². The van der Waals surface area contributed by atoms with Crippen LogP contribution in [0.1, 0.15) is 10.4 Å². The number of thiazole rings is 1. The monoisotopic (exact) mass is 582 g/mol. The van der Waals surface area contributed by atoms with Crippen LogP contribution in [0.2, 0.25) is 0 Å². The fourth-order valence-corrected chi connectivity index (χ4v) is 6.49. The van der Waals surface area contributed by atoms with Gasteiger partial charge in [0.1, 0.15) is 11.7 Å². The lowest BCUT2D eigenvalue weighted by molar-refractivity contribution is -0.344. The first kappa shape index (κ1) is 28.7. The highest BCUT2D eigenvalue weighted by Gasteiger charge is 2.29. The van der Waals surface area contributed by atoms with Gasteiger partial charge in [-0.3, -0.25) is 10.1 Å². The van der Waals surface area contributed by atoms with E-state index in [4.69, 9.17) is 14.6 Å². The van der Waals surface area contributed by atoms with Crippen molar-refractivity contribution in [3.8, 4) is 5.75 Å². The molecule has 1 N–H and O–H groups in total. The second-order valence-corrected chi connectivity index (χ2v) is 11.1. The molecule has 6 nitrogen and oxygen atoms in total. The fourth-order valence-electron chi connectivity index (χ4n) is 3.52. The average molecular weight is 583 g/mol. The van der Waals surface area contributed by atoms with Crippen molar-refractivity contribution < 1.29 is 32.6 Å². The van der Waals surface area contributed by atoms with E-state index >= 15 is 0 Å². The van der Waals surface area contributed by atoms with Crippen LogP contribution in [0, 0.1) is 0 Å². The first-order chi connectivity index (χ1) is 19.2. The molecular formula is C29H21F3N2O4S2. The Kier molecular flexibility index (Phi) is 9.08. The molecule has 0 bridgehead atoms. The summed E-state index contributed by atoms with van der Waals surface area (Å²) in [6, 6.07) is 34.4. The minimum Gasteiger partial charge on any atom is -0.542 e. The van der Waals surface area contributed by atoms with Crippen molar-refractivity contribution in [3.63, 3.8) is 0 Å². The molecule has 5 aromatic rings. The summed E-state index contributed by atoms with van der Waals surface area (Å²) in [7, 11) is 1.39. The minimum absolute atomic E-state index is 0.174. The number of anilines is 1. The van der Waals surface area contributed by atoms with Crippen LogP contribution < -0.4 is 15.2 Å². The zero-order valence-corrected chi connectivity index (χ0v) is 22.5. The lowest BCUT2D eigenvalue weighted by atomic mass is 10.2. The SMILES string of the molecule is COc1ccc2nc(NC(=O)c3ccc([S+](c4ccccc4)c4ccccc4)cc3)sc2c1.O=C([O-])C(F)(F)F. The predicted molar refractivity (Wildman–Crippen MR) is 147 cm³/mol. The molecule has 1 amide bonds. The van der Waals surface area contributed by atoms with E-state index in [-0.39, 0.29) is 16.8 Å². The zero-order valence-electron chi connectivity index (χ0n) is 20.8. The van der Waals surface area contributed by atoms with Crippen LogP contribution in [0.15, 0.2) is 118 Å². The topological polar surface area (TPSA) is 91.3 Å². The highest BCUT2D eigenvalue weighted by molar-refractivity contribution is 7.97. The standard InChI is InChI=1S/C27H20N2O2S2.C2HF3O2/c1-31-20-14-17-24-25(18-20)32-27(28-24)29-26(30)19-12-15-23(16-13-19)33(21-8-4-2-5-9-21)22-10-6-3-7-11-22;3-2(4,5)1(6)7/h2-18H,1H3;(H,6,7). The number of carboxylic acid groups (broad SMARTS) is 1. The van der Waals surface area contributed by atoms with Crippen molar-refractivity contribution in [2.24, 2.45) is 0 Å². The molecular weight excluding hydrogens is 561 g/mol. The lowest BCUT2D eigenvalue weighted by Gasteiger charge is -2.08. The molecule has 0 fully saturated rings. The van der Waals surface area contributed by atoms with E-state index in [0.717, 1.165) is 20.9 Å². The van der Waals surface area contributed by atoms with E-state index in [1.807, 2.05) is 54.6 Å². The van der Waals surface area contributed by atoms with Crippen LogP contribution >= 0.6 is 11.3 Å². The van der Waals surface area contributed by atoms with E-state index < -0.39 is 12.1 Å². The number of halogens is 3. The number of rotatable bonds is 6. The molecule has 1 heterocycles. The van der Waals surface area contributed by atoms with Crippen molar-refractivity contribution in [3.05, 3.63) is 109 Å². The van der Waals surface area contributed by atoms with Gasteiger partial charge in [-0.15, -0.1) is 0 Å². The summed E-state index contributed by atoms with van der Waals surface area (Å²) in [5.41, 5.74) is 1.43. The molecule has 0 atom stereocenters. The summed E-state index contributed by atoms with van der Waals surface area (Å²) in [4.78, 5) is 29.8. The number of methoxy groups -OCH3 is 1. The maximum atomic E-state index is 12.9. The number of fused-ring (bicyclic) bond motifs is 1. The fraction of sp³-hybridized carbons (Fsp3) is 0.0690. The number of amides is 1. The third-order valence-electron chi connectivity index (χ3n) is 5.36. The first-order valence-corrected chi connectivity index (χ1v) is 13.7. The third-order valence-corrected chi connectivity index (χ3v) is 8.52. The highest BCUT2D eigenvalue weighted by atomic mass is 32.2. The number of aromatic nitrogens is 1. The van der Waals surface area contributed by atoms with Crippen molar-refractivity contribution in [2.45, 2.75) is 20.9 Å². The number of nitrogens with one attached hydrogen (secondary N) is 1. The molecule has 0 aliphatic carbocycles. The summed E-state index contributed by atoms with van der Waals surface area (Å²) in [5.74, 6) is -2.41. The summed E-state index contributed by atoms with van der Waals surface area (Å²) >= 11 is 1.43. The molecule has 11 heteroatoms. The van der Waals surface area contributed by atoms with E-state index in [1.54, 1.807) is 7.11 Å². The van der Waals surface area contributed by atoms with Crippen LogP contribution in [0.5, 0.6) is 5.75 Å². The van der Waals surface area contributed by atoms with Crippen LogP contribution in [0.25, 0.3) is 10.2 Å². The van der Waals surface area contributed by atoms with Crippen LogP contribution in [0.4, 0.5) is 18.3 Å². The van der Waals surface area contributed by atoms with Crippen molar-refractivity contribution >= 4 is 49.5 Å². The summed E-state index contributed by atoms with van der Waals surface area (Å²) in [6.07, 6.45) is -5.19. The second-order valence-electron chi connectivity index (χ2n) is 8.05. The number of alkyl halides is 3. The number of carbonyl (C=O) groups excluding carboxylic acids is 2. The quantitative estimate of drug-likeness (QED) is 0.250. The predicted octanol–water partition coefficient (Wildman–Crippen LogP) is 5.95. The van der Waals surface area contributed by atoms with Gasteiger partial charge < -0.3 is 14.6 Å². The van der Waals surface area contributed by atoms with Gasteiger partial charge in [-0.1, -0.05) is 47.7 Å². The Hall–Kier alpha value is -4.35. The molecule has 0 saturated heterocycles. The van der Waals surface area contributed by atoms with E-state index in [1.165, 1.54) is 21.1 Å². The Morgan fingerprint density at radius 2 is 1.38 bits per heavy atom. The maximum absolute atomic E-state index is 12.9. The smallest absolute Gasteiger partial charge is 0.430 e. The van der Waals surface area contributed by atoms with Gasteiger partial charge in [0.15, 0.2) is 19.8 Å². The van der Waals surface area contributed by atoms with Gasteiger partial charge >= 0.3 is 6.18 Å². The summed E-state index contributed by atoms with van der Waals surface area (Å²) in [5, 5.41) is 12.3. The number of aliphatic carboxylic acids is 1. The average Bonchev–Trinajstić information content (AvgIpc) is 3.36. The van der Waals surface area contributed by atoms with Crippen molar-refractivity contribution in [2.75, 3.05) is 12.4 Å². The molecule has 204 valence electrons. The largest absolute Gasteiger partial charge is 0.542 e. The van der Waals surface area contributed by atoms with Crippen LogP contribution in [0.3, 0.4) is 0 Å². The number of benzene rings is 4. The Labute approximate surface area is 234 Å². The second kappa shape index (κ2) is 12.7. The summed E-state index contributed by atoms with van der Waals surface area (Å²) < 4.78 is 37.8. The lowest BCUT2D eigenvalue weighted by Crippen LogP contribution is -2.37. The number of ether oxygens (including phenoxy) is 1. The van der Waals surface area contributed by atoms with Crippen molar-refractivity contribution in [1.29, 1.82) is 0 Å². The molecule has 0 aliphatic rings. The molecule has 0 radical (unpaired) electrons. The van der Waals surface area contributed by atoms with E-state index in [2.05, 4.69) is 58.8 Å². The molecule has 0 spiro atoms. The number of carboxylic acids is 1. The Bertz CT molecular complexity index is 1550. The third kappa shape index (κ3) is 7.19. The molecule has 0 unspecified atom stereocenters. The number of carbonyl (C=O) groups is 2. The van der Waals surface area contributed by atoms with Crippen LogP contribution in [-0.2, 0) is 15.7 Å². The number of nitrogens with zero attached hydrogens (tertiary/aromatic N) is 1. The zero-order chi connectivity index (χ0) is 28.7. The van der Waals surface area contributed by atoms with Gasteiger partial charge in [-0.25, -0.2) is 4.98 Å². The van der Waals surface area contributed by atoms with Gasteiger partial charge in [-0.05, 0) is 66.7 Å². The molecule has 0 aliphatic heterocycles. The van der Waals surface area contributed by atoms with E-state index in [0.29, 0.717) is 10.7 Å². The Morgan fingerprint density at radius 1 is 0.850 bits per heavy atom. The Balaban J connectivity index is 0.000000470. The van der Waals surface area contributed by atoms with Gasteiger partial charge in [-0.2, -0.15) is 13.2 Å². The minimum atomic E-state index is -5.19. The van der Waals surface area contributed by atoms with Gasteiger partial charge in [0.2, 0.25) is 0 Å². The number of hydrogen-bond acceptors (Lipinski definition) is 6. The normalized spacial score (nSPS) is 11.0. The van der Waals surface area contributed by atoms with Gasteiger partial charge in [0.25, 0.3) is 5.91 Å². The molecule has 1 aromatic heterocycles. The number of hydrogen-bond donors (Lipinski definition) is 1. The molecule has 4 aromatic carbocycles. The first-order valence-electron chi connectivity index (χ1n) is 11.6. The van der Waals surface area contributed by atoms with Gasteiger partial charge in [0.05, 0.1) is 28.2 Å². The Morgan fingerprint density at radius 3 is 1.88 bits per heavy atom. The molecule has 0 saturated carbocycles. The highest BCUT2D eigenvalue weighted by Crippen LogP contribution is 2.32. The molecule has 40 heavy (non-hydrogen) atoms. The molecule has 5 rings (SSSR count). The maximum Gasteiger partial charge on any atom is 0.430 e. The van der Waals surface area contributed by atoms with Crippen molar-refractivity contribution in [1.82, 2.24) is 4.98 Å².